The smallest absolute Gasteiger partial charge is 0.270 e. The number of nitro groups is 1. The predicted octanol–water partition coefficient (Wildman–Crippen LogP) is 1.40. The molecule has 0 heterocycles. The molecule has 4 nitrogen and oxygen atoms in total. The van der Waals surface area contributed by atoms with Gasteiger partial charge in [0.1, 0.15) is 0 Å². The third kappa shape index (κ3) is 1.79. The molecule has 12 heavy (non-hydrogen) atoms. The molecule has 0 saturated heterocycles. The minimum atomic E-state index is -0.466. The van der Waals surface area contributed by atoms with Crippen LogP contribution in [0.25, 0.3) is 0 Å². The molecule has 0 bridgehead atoms. The van der Waals surface area contributed by atoms with Crippen LogP contribution < -0.4 is 0 Å². The molecule has 0 aromatic heterocycles. The van der Waals surface area contributed by atoms with E-state index in [0.717, 1.165) is 5.56 Å². The molecule has 0 unspecified atom stereocenters. The summed E-state index contributed by atoms with van der Waals surface area (Å²) in [5, 5.41) is 19.1. The Bertz CT molecular complexity index is 309. The summed E-state index contributed by atoms with van der Waals surface area (Å²) in [7, 11) is 0. The molecule has 4 heteroatoms. The average Bonchev–Trinajstić information content (AvgIpc) is 2.03. The van der Waals surface area contributed by atoms with Crippen LogP contribution in [0.4, 0.5) is 5.69 Å². The number of non-ortho nitro benzene ring substituents is 1. The molecule has 0 spiro atoms. The highest BCUT2D eigenvalue weighted by Gasteiger charge is 2.06. The molecule has 0 aliphatic carbocycles. The predicted molar refractivity (Wildman–Crippen MR) is 43.8 cm³/mol. The Morgan fingerprint density at radius 2 is 2.17 bits per heavy atom. The van der Waals surface area contributed by atoms with Gasteiger partial charge in [0, 0.05) is 12.1 Å². The van der Waals surface area contributed by atoms with Crippen LogP contribution in [0.1, 0.15) is 11.1 Å². The summed E-state index contributed by atoms with van der Waals surface area (Å²) in [5.41, 5.74) is 1.38. The lowest BCUT2D eigenvalue weighted by Gasteiger charge is -1.98. The lowest BCUT2D eigenvalue weighted by molar-refractivity contribution is -0.385. The summed E-state index contributed by atoms with van der Waals surface area (Å²) in [6.07, 6.45) is 0. The molecular weight excluding hydrogens is 158 g/mol. The summed E-state index contributed by atoms with van der Waals surface area (Å²) in [6, 6.07) is 4.55. The van der Waals surface area contributed by atoms with Crippen molar-refractivity contribution < 1.29 is 10.0 Å². The number of benzene rings is 1. The average molecular weight is 167 g/mol. The molecule has 0 aliphatic heterocycles. The van der Waals surface area contributed by atoms with Crippen molar-refractivity contribution in [3.05, 3.63) is 39.4 Å². The molecule has 1 aromatic rings. The first kappa shape index (κ1) is 8.67. The van der Waals surface area contributed by atoms with Gasteiger partial charge in [-0.25, -0.2) is 0 Å². The van der Waals surface area contributed by atoms with E-state index in [9.17, 15) is 10.1 Å². The molecule has 1 aromatic carbocycles. The van der Waals surface area contributed by atoms with Crippen LogP contribution >= 0.6 is 0 Å². The SMILES string of the molecule is Cc1cc(CO)cc([N+](=O)[O-])c1. The van der Waals surface area contributed by atoms with Crippen LogP contribution in [0.15, 0.2) is 18.2 Å². The molecule has 0 saturated carbocycles. The Labute approximate surface area is 69.6 Å². The van der Waals surface area contributed by atoms with Gasteiger partial charge in [-0.2, -0.15) is 0 Å². The van der Waals surface area contributed by atoms with E-state index in [-0.39, 0.29) is 12.3 Å². The maximum atomic E-state index is 10.3. The lowest BCUT2D eigenvalue weighted by Crippen LogP contribution is -1.91. The molecule has 0 radical (unpaired) electrons. The van der Waals surface area contributed by atoms with Crippen LogP contribution in [0.3, 0.4) is 0 Å². The zero-order valence-corrected chi connectivity index (χ0v) is 6.65. The fraction of sp³-hybridized carbons (Fsp3) is 0.250. The number of nitrogens with zero attached hydrogens (tertiary/aromatic N) is 1. The minimum Gasteiger partial charge on any atom is -0.392 e. The second-order valence-electron chi connectivity index (χ2n) is 2.59. The van der Waals surface area contributed by atoms with E-state index >= 15 is 0 Å². The topological polar surface area (TPSA) is 63.4 Å². The summed E-state index contributed by atoms with van der Waals surface area (Å²) in [4.78, 5) is 9.88. The normalized spacial score (nSPS) is 9.83. The van der Waals surface area contributed by atoms with Crippen LogP contribution in [-0.2, 0) is 6.61 Å². The van der Waals surface area contributed by atoms with Crippen LogP contribution in [0.2, 0.25) is 0 Å². The van der Waals surface area contributed by atoms with Gasteiger partial charge in [0.15, 0.2) is 0 Å². The van der Waals surface area contributed by atoms with Gasteiger partial charge in [-0.1, -0.05) is 6.07 Å². The Kier molecular flexibility index (Phi) is 2.40. The number of hydrogen-bond donors (Lipinski definition) is 1. The second kappa shape index (κ2) is 3.32. The summed E-state index contributed by atoms with van der Waals surface area (Å²) in [6.45, 7) is 1.59. The van der Waals surface area contributed by atoms with E-state index in [1.165, 1.54) is 12.1 Å². The zero-order chi connectivity index (χ0) is 9.14. The minimum absolute atomic E-state index is 0.0269. The van der Waals surface area contributed by atoms with E-state index in [1.54, 1.807) is 13.0 Å². The van der Waals surface area contributed by atoms with Crippen molar-refractivity contribution >= 4 is 5.69 Å². The van der Waals surface area contributed by atoms with Crippen molar-refractivity contribution in [1.82, 2.24) is 0 Å². The largest absolute Gasteiger partial charge is 0.392 e. The van der Waals surface area contributed by atoms with E-state index in [0.29, 0.717) is 5.56 Å². The molecule has 0 aliphatic rings. The molecule has 1 rings (SSSR count). The Morgan fingerprint density at radius 3 is 2.67 bits per heavy atom. The van der Waals surface area contributed by atoms with Crippen LogP contribution in [-0.4, -0.2) is 10.0 Å². The number of aryl methyl sites for hydroxylation is 1. The van der Waals surface area contributed by atoms with Gasteiger partial charge in [-0.05, 0) is 18.1 Å². The maximum Gasteiger partial charge on any atom is 0.270 e. The van der Waals surface area contributed by atoms with Crippen molar-refractivity contribution in [2.75, 3.05) is 0 Å². The van der Waals surface area contributed by atoms with Crippen molar-refractivity contribution in [1.29, 1.82) is 0 Å². The number of aliphatic hydroxyl groups is 1. The van der Waals surface area contributed by atoms with Gasteiger partial charge >= 0.3 is 0 Å². The van der Waals surface area contributed by atoms with E-state index in [4.69, 9.17) is 5.11 Å². The number of rotatable bonds is 2. The van der Waals surface area contributed by atoms with Gasteiger partial charge in [-0.3, -0.25) is 10.1 Å². The molecule has 0 fully saturated rings. The monoisotopic (exact) mass is 167 g/mol. The Hall–Kier alpha value is -1.42. The van der Waals surface area contributed by atoms with Crippen molar-refractivity contribution in [2.45, 2.75) is 13.5 Å². The van der Waals surface area contributed by atoms with Gasteiger partial charge in [0.05, 0.1) is 11.5 Å². The highest BCUT2D eigenvalue weighted by atomic mass is 16.6. The third-order valence-corrected chi connectivity index (χ3v) is 1.52. The molecule has 0 amide bonds. The fourth-order valence-electron chi connectivity index (χ4n) is 1.04. The Morgan fingerprint density at radius 1 is 1.50 bits per heavy atom. The Balaban J connectivity index is 3.15. The van der Waals surface area contributed by atoms with E-state index in [1.807, 2.05) is 0 Å². The zero-order valence-electron chi connectivity index (χ0n) is 6.65. The summed E-state index contributed by atoms with van der Waals surface area (Å²) < 4.78 is 0. The van der Waals surface area contributed by atoms with Gasteiger partial charge in [0.2, 0.25) is 0 Å². The molecular formula is C8H9NO3. The van der Waals surface area contributed by atoms with E-state index in [2.05, 4.69) is 0 Å². The number of nitro benzene ring substituents is 1. The highest BCUT2D eigenvalue weighted by Crippen LogP contribution is 2.16. The van der Waals surface area contributed by atoms with E-state index < -0.39 is 4.92 Å². The third-order valence-electron chi connectivity index (χ3n) is 1.52. The molecule has 0 atom stereocenters. The fourth-order valence-corrected chi connectivity index (χ4v) is 1.04. The van der Waals surface area contributed by atoms with Crippen molar-refractivity contribution in [2.24, 2.45) is 0 Å². The quantitative estimate of drug-likeness (QED) is 0.534. The summed E-state index contributed by atoms with van der Waals surface area (Å²) in [5.74, 6) is 0. The van der Waals surface area contributed by atoms with Crippen LogP contribution in [0.5, 0.6) is 0 Å². The first-order valence-electron chi connectivity index (χ1n) is 3.49. The maximum absolute atomic E-state index is 10.3. The van der Waals surface area contributed by atoms with Gasteiger partial charge in [0.25, 0.3) is 5.69 Å². The summed E-state index contributed by atoms with van der Waals surface area (Å²) >= 11 is 0. The molecule has 64 valence electrons. The molecule has 1 N–H and O–H groups in total. The standard InChI is InChI=1S/C8H9NO3/c1-6-2-7(5-10)4-8(3-6)9(11)12/h2-4,10H,5H2,1H3. The van der Waals surface area contributed by atoms with Crippen molar-refractivity contribution in [3.63, 3.8) is 0 Å². The van der Waals surface area contributed by atoms with Crippen molar-refractivity contribution in [3.8, 4) is 0 Å². The first-order valence-corrected chi connectivity index (χ1v) is 3.49. The van der Waals surface area contributed by atoms with Crippen LogP contribution in [0, 0.1) is 17.0 Å². The van der Waals surface area contributed by atoms with Gasteiger partial charge < -0.3 is 5.11 Å². The lowest BCUT2D eigenvalue weighted by atomic mass is 10.1. The number of aliphatic hydroxyl groups excluding tert-OH is 1. The second-order valence-corrected chi connectivity index (χ2v) is 2.59. The highest BCUT2D eigenvalue weighted by molar-refractivity contribution is 5.38. The van der Waals surface area contributed by atoms with Gasteiger partial charge in [-0.15, -0.1) is 0 Å². The first-order chi connectivity index (χ1) is 5.63. The number of hydrogen-bond acceptors (Lipinski definition) is 3.